The third-order valence-corrected chi connectivity index (χ3v) is 12.4. The van der Waals surface area contributed by atoms with E-state index in [1.165, 1.54) is 10.8 Å². The number of fused-ring (bicyclic) bond motifs is 9. The minimum absolute atomic E-state index is 0.577. The quantitative estimate of drug-likeness (QED) is 0.168. The van der Waals surface area contributed by atoms with Crippen LogP contribution in [0, 0.1) is 0 Å². The van der Waals surface area contributed by atoms with Crippen LogP contribution >= 0.6 is 0 Å². The zero-order valence-corrected chi connectivity index (χ0v) is 33.9. The monoisotopic (exact) mass is 805 g/mol. The molecule has 0 radical (unpaired) electrons. The van der Waals surface area contributed by atoms with Gasteiger partial charge in [0, 0.05) is 54.7 Å². The highest BCUT2D eigenvalue weighted by Crippen LogP contribution is 2.40. The fraction of sp³-hybridized carbons (Fsp3) is 0. The Kier molecular flexibility index (Phi) is 7.80. The summed E-state index contributed by atoms with van der Waals surface area (Å²) in [6.45, 7) is 0. The SMILES string of the molecule is c1ccc(-c2nc(-c3ccccc3)nc(-n3c4ccccc4c4cc(-c5ccc6c7ccccc7n(-c7ccc(-c8cccc9c8oc8ccccc89)cc7)c6c5)ccc43)n2)cc1. The highest BCUT2D eigenvalue weighted by atomic mass is 16.3. The maximum Gasteiger partial charge on any atom is 0.238 e. The molecule has 0 spiro atoms. The molecule has 0 N–H and O–H groups in total. The van der Waals surface area contributed by atoms with E-state index in [0.29, 0.717) is 17.6 Å². The van der Waals surface area contributed by atoms with Gasteiger partial charge in [-0.15, -0.1) is 0 Å². The lowest BCUT2D eigenvalue weighted by Gasteiger charge is -2.11. The van der Waals surface area contributed by atoms with Gasteiger partial charge >= 0.3 is 0 Å². The van der Waals surface area contributed by atoms with Gasteiger partial charge in [-0.3, -0.25) is 4.57 Å². The van der Waals surface area contributed by atoms with Crippen LogP contribution < -0.4 is 0 Å². The van der Waals surface area contributed by atoms with Crippen molar-refractivity contribution < 1.29 is 4.42 Å². The summed E-state index contributed by atoms with van der Waals surface area (Å²) in [6, 6.07) is 74.6. The summed E-state index contributed by atoms with van der Waals surface area (Å²) in [5, 5.41) is 6.95. The van der Waals surface area contributed by atoms with Gasteiger partial charge in [-0.2, -0.15) is 9.97 Å². The van der Waals surface area contributed by atoms with Crippen LogP contribution in [0.15, 0.2) is 217 Å². The highest BCUT2D eigenvalue weighted by Gasteiger charge is 2.20. The highest BCUT2D eigenvalue weighted by molar-refractivity contribution is 6.13. The van der Waals surface area contributed by atoms with E-state index < -0.39 is 0 Å². The first kappa shape index (κ1) is 35.2. The summed E-state index contributed by atoms with van der Waals surface area (Å²) in [4.78, 5) is 15.2. The van der Waals surface area contributed by atoms with Crippen LogP contribution in [-0.2, 0) is 0 Å². The second kappa shape index (κ2) is 14.0. The van der Waals surface area contributed by atoms with Crippen LogP contribution in [0.25, 0.3) is 122 Å². The molecule has 4 heterocycles. The van der Waals surface area contributed by atoms with Crippen molar-refractivity contribution in [1.82, 2.24) is 24.1 Å². The van der Waals surface area contributed by atoms with Crippen molar-refractivity contribution in [3.8, 4) is 56.7 Å². The van der Waals surface area contributed by atoms with Crippen LogP contribution in [0.5, 0.6) is 0 Å². The smallest absolute Gasteiger partial charge is 0.238 e. The Labute approximate surface area is 361 Å². The van der Waals surface area contributed by atoms with Crippen LogP contribution in [-0.4, -0.2) is 24.1 Å². The van der Waals surface area contributed by atoms with Gasteiger partial charge < -0.3 is 8.98 Å². The zero-order valence-electron chi connectivity index (χ0n) is 33.9. The van der Waals surface area contributed by atoms with Crippen LogP contribution in [0.2, 0.25) is 0 Å². The second-order valence-corrected chi connectivity index (χ2v) is 16.0. The minimum Gasteiger partial charge on any atom is -0.455 e. The molecule has 0 saturated carbocycles. The number of para-hydroxylation sites is 4. The Morgan fingerprint density at radius 3 is 1.59 bits per heavy atom. The van der Waals surface area contributed by atoms with Gasteiger partial charge in [0.1, 0.15) is 11.2 Å². The second-order valence-electron chi connectivity index (χ2n) is 16.0. The minimum atomic E-state index is 0.577. The number of aromatic nitrogens is 5. The van der Waals surface area contributed by atoms with E-state index in [-0.39, 0.29) is 0 Å². The van der Waals surface area contributed by atoms with Crippen LogP contribution in [0.4, 0.5) is 0 Å². The summed E-state index contributed by atoms with van der Waals surface area (Å²) >= 11 is 0. The van der Waals surface area contributed by atoms with Gasteiger partial charge in [0.15, 0.2) is 11.6 Å². The average Bonchev–Trinajstić information content (AvgIpc) is 4.02. The molecule has 6 nitrogen and oxygen atoms in total. The summed E-state index contributed by atoms with van der Waals surface area (Å²) in [6.07, 6.45) is 0. The molecular formula is C57H35N5O. The summed E-state index contributed by atoms with van der Waals surface area (Å²) in [5.74, 6) is 1.83. The van der Waals surface area contributed by atoms with E-state index >= 15 is 0 Å². The number of hydrogen-bond donors (Lipinski definition) is 0. The molecule has 0 aliphatic carbocycles. The lowest BCUT2D eigenvalue weighted by molar-refractivity contribution is 0.670. The fourth-order valence-corrected chi connectivity index (χ4v) is 9.46. The van der Waals surface area contributed by atoms with Crippen molar-refractivity contribution in [3.05, 3.63) is 212 Å². The first-order valence-electron chi connectivity index (χ1n) is 21.2. The number of furan rings is 1. The van der Waals surface area contributed by atoms with Gasteiger partial charge in [-0.05, 0) is 65.2 Å². The first-order chi connectivity index (χ1) is 31.2. The molecule has 4 aromatic heterocycles. The standard InChI is InChI=1S/C57H35N5O/c1-3-14-37(15-4-1)55-58-56(38-16-5-2-6-17-38)60-57(59-55)62-50-24-11-8-19-44(50)48-34-39(29-33-51(48)62)40-28-32-45-43-18-7-10-23-49(43)61(52(45)35-40)41-30-26-36(27-31-41)42-21-13-22-47-46-20-9-12-25-53(46)63-54(42)47/h1-35H. The number of rotatable bonds is 6. The molecule has 0 unspecified atom stereocenters. The number of hydrogen-bond acceptors (Lipinski definition) is 4. The van der Waals surface area contributed by atoms with Crippen molar-refractivity contribution in [2.45, 2.75) is 0 Å². The topological polar surface area (TPSA) is 61.7 Å². The number of nitrogens with zero attached hydrogens (tertiary/aromatic N) is 5. The predicted octanol–water partition coefficient (Wildman–Crippen LogP) is 14.6. The lowest BCUT2D eigenvalue weighted by atomic mass is 10.0. The molecule has 0 amide bonds. The molecule has 294 valence electrons. The predicted molar refractivity (Wildman–Crippen MR) is 258 cm³/mol. The molecule has 0 atom stereocenters. The first-order valence-corrected chi connectivity index (χ1v) is 21.2. The Balaban J connectivity index is 0.947. The Morgan fingerprint density at radius 1 is 0.317 bits per heavy atom. The molecular weight excluding hydrogens is 771 g/mol. The van der Waals surface area contributed by atoms with Crippen molar-refractivity contribution in [3.63, 3.8) is 0 Å². The molecule has 0 aliphatic heterocycles. The largest absolute Gasteiger partial charge is 0.455 e. The Morgan fingerprint density at radius 2 is 0.857 bits per heavy atom. The van der Waals surface area contributed by atoms with E-state index in [9.17, 15) is 0 Å². The molecule has 0 saturated heterocycles. The van der Waals surface area contributed by atoms with Gasteiger partial charge in [0.2, 0.25) is 5.95 Å². The van der Waals surface area contributed by atoms with Gasteiger partial charge in [0.05, 0.1) is 22.1 Å². The van der Waals surface area contributed by atoms with Crippen molar-refractivity contribution in [2.24, 2.45) is 0 Å². The summed E-state index contributed by atoms with van der Waals surface area (Å²) in [7, 11) is 0. The van der Waals surface area contributed by atoms with Crippen LogP contribution in [0.1, 0.15) is 0 Å². The van der Waals surface area contributed by atoms with Crippen molar-refractivity contribution in [1.29, 1.82) is 0 Å². The van der Waals surface area contributed by atoms with Crippen molar-refractivity contribution in [2.75, 3.05) is 0 Å². The molecule has 0 fully saturated rings. The third kappa shape index (κ3) is 5.62. The maximum atomic E-state index is 6.41. The van der Waals surface area contributed by atoms with Gasteiger partial charge in [-0.25, -0.2) is 4.98 Å². The Bertz CT molecular complexity index is 3840. The molecule has 13 aromatic rings. The molecule has 0 aliphatic rings. The molecule has 9 aromatic carbocycles. The van der Waals surface area contributed by atoms with E-state index in [2.05, 4.69) is 149 Å². The lowest BCUT2D eigenvalue weighted by Crippen LogP contribution is -2.06. The van der Waals surface area contributed by atoms with E-state index in [1.807, 2.05) is 72.8 Å². The molecule has 63 heavy (non-hydrogen) atoms. The zero-order chi connectivity index (χ0) is 41.4. The van der Waals surface area contributed by atoms with Crippen molar-refractivity contribution >= 4 is 65.6 Å². The van der Waals surface area contributed by atoms with E-state index in [4.69, 9.17) is 19.4 Å². The normalized spacial score (nSPS) is 11.8. The summed E-state index contributed by atoms with van der Waals surface area (Å²) < 4.78 is 11.0. The van der Waals surface area contributed by atoms with E-state index in [1.54, 1.807) is 0 Å². The fourth-order valence-electron chi connectivity index (χ4n) is 9.46. The third-order valence-electron chi connectivity index (χ3n) is 12.4. The number of benzene rings is 9. The van der Waals surface area contributed by atoms with Gasteiger partial charge in [0.25, 0.3) is 0 Å². The van der Waals surface area contributed by atoms with Gasteiger partial charge in [-0.1, -0.05) is 164 Å². The maximum absolute atomic E-state index is 6.41. The molecule has 6 heteroatoms. The summed E-state index contributed by atoms with van der Waals surface area (Å²) in [5.41, 5.74) is 13.6. The van der Waals surface area contributed by atoms with Crippen LogP contribution in [0.3, 0.4) is 0 Å². The molecule has 0 bridgehead atoms. The van der Waals surface area contributed by atoms with E-state index in [0.717, 1.165) is 93.8 Å². The Hall–Kier alpha value is -8.61. The molecule has 13 rings (SSSR count). The average molecular weight is 806 g/mol.